The maximum Gasteiger partial charge on any atom is 0.210 e. The molecule has 0 fully saturated rings. The molecule has 0 spiro atoms. The fraction of sp³-hybridized carbons (Fsp3) is 0.571. The highest BCUT2D eigenvalue weighted by Gasteiger charge is 2.23. The van der Waals surface area contributed by atoms with Gasteiger partial charge in [0.25, 0.3) is 0 Å². The zero-order chi connectivity index (χ0) is 8.65. The van der Waals surface area contributed by atoms with Crippen molar-refractivity contribution in [2.45, 2.75) is 26.2 Å². The molecule has 0 aliphatic rings. The largest absolute Gasteiger partial charge is 0.349 e. The maximum atomic E-state index is 5.01. The second kappa shape index (κ2) is 3.05. The molecule has 1 heterocycles. The van der Waals surface area contributed by atoms with Gasteiger partial charge in [-0.3, -0.25) is 0 Å². The topological polar surface area (TPSA) is 26.0 Å². The first-order valence-corrected chi connectivity index (χ1v) is 5.11. The van der Waals surface area contributed by atoms with Crippen LogP contribution in [0.25, 0.3) is 0 Å². The van der Waals surface area contributed by atoms with Gasteiger partial charge in [-0.05, 0) is 15.9 Å². The van der Waals surface area contributed by atoms with Gasteiger partial charge in [0.05, 0.1) is 4.47 Å². The van der Waals surface area contributed by atoms with Gasteiger partial charge in [0, 0.05) is 28.0 Å². The fourth-order valence-electron chi connectivity index (χ4n) is 0.725. The molecule has 0 unspecified atom stereocenters. The van der Waals surface area contributed by atoms with Gasteiger partial charge in [-0.25, -0.2) is 0 Å². The second-order valence-electron chi connectivity index (χ2n) is 3.37. The zero-order valence-electron chi connectivity index (χ0n) is 6.61. The quantitative estimate of drug-likeness (QED) is 0.682. The van der Waals surface area contributed by atoms with Crippen LogP contribution in [0.4, 0.5) is 0 Å². The molecular weight excluding hydrogens is 321 g/mol. The molecule has 1 aromatic heterocycles. The predicted octanol–water partition coefficient (Wildman–Crippen LogP) is 3.34. The van der Waals surface area contributed by atoms with E-state index in [1.807, 2.05) is 0 Å². The third-order valence-corrected chi connectivity index (χ3v) is 3.52. The van der Waals surface area contributed by atoms with E-state index in [0.717, 1.165) is 13.9 Å². The van der Waals surface area contributed by atoms with Crippen molar-refractivity contribution in [3.63, 3.8) is 0 Å². The van der Waals surface area contributed by atoms with E-state index in [4.69, 9.17) is 4.52 Å². The van der Waals surface area contributed by atoms with Gasteiger partial charge >= 0.3 is 0 Å². The molecule has 4 heteroatoms. The van der Waals surface area contributed by atoms with Crippen LogP contribution in [0.3, 0.4) is 0 Å². The van der Waals surface area contributed by atoms with Crippen molar-refractivity contribution < 1.29 is 4.52 Å². The van der Waals surface area contributed by atoms with Gasteiger partial charge in [-0.1, -0.05) is 25.9 Å². The average molecular weight is 330 g/mol. The molecule has 0 saturated heterocycles. The third-order valence-electron chi connectivity index (χ3n) is 1.31. The van der Waals surface area contributed by atoms with E-state index in [9.17, 15) is 0 Å². The normalized spacial score (nSPS) is 12.1. The smallest absolute Gasteiger partial charge is 0.210 e. The molecule has 1 rings (SSSR count). The highest BCUT2D eigenvalue weighted by atomic mass is 127. The second-order valence-corrected chi connectivity index (χ2v) is 5.14. The summed E-state index contributed by atoms with van der Waals surface area (Å²) in [6.07, 6.45) is 0. The Morgan fingerprint density at radius 1 is 1.45 bits per heavy atom. The molecule has 0 radical (unpaired) electrons. The summed E-state index contributed by atoms with van der Waals surface area (Å²) in [4.78, 5) is 0. The summed E-state index contributed by atoms with van der Waals surface area (Å²) in [5.41, 5.74) is 1.02. The van der Waals surface area contributed by atoms with Crippen molar-refractivity contribution in [3.05, 3.63) is 13.9 Å². The van der Waals surface area contributed by atoms with Gasteiger partial charge in [-0.15, -0.1) is 0 Å². The van der Waals surface area contributed by atoms with Gasteiger partial charge in [0.2, 0.25) is 3.77 Å². The van der Waals surface area contributed by atoms with E-state index in [-0.39, 0.29) is 5.41 Å². The molecule has 0 bridgehead atoms. The van der Waals surface area contributed by atoms with Crippen molar-refractivity contribution in [2.75, 3.05) is 0 Å². The van der Waals surface area contributed by atoms with Crippen LogP contribution in [-0.4, -0.2) is 5.16 Å². The summed E-state index contributed by atoms with van der Waals surface area (Å²) < 4.78 is 6.80. The number of hydrogen-bond acceptors (Lipinski definition) is 2. The summed E-state index contributed by atoms with van der Waals surface area (Å²) in [5, 5.41) is 3.96. The van der Waals surface area contributed by atoms with Crippen LogP contribution in [-0.2, 0) is 5.41 Å². The van der Waals surface area contributed by atoms with E-state index in [0.29, 0.717) is 0 Å². The molecule has 0 amide bonds. The number of hydrogen-bond donors (Lipinski definition) is 0. The number of halogens is 2. The lowest BCUT2D eigenvalue weighted by Gasteiger charge is -2.13. The number of aromatic nitrogens is 1. The highest BCUT2D eigenvalue weighted by molar-refractivity contribution is 14.1. The Labute approximate surface area is 88.0 Å². The first-order valence-electron chi connectivity index (χ1n) is 3.24. The fourth-order valence-corrected chi connectivity index (χ4v) is 1.82. The van der Waals surface area contributed by atoms with E-state index in [1.165, 1.54) is 0 Å². The summed E-state index contributed by atoms with van der Waals surface area (Å²) in [5.74, 6) is 0. The Hall–Kier alpha value is 0.420. The van der Waals surface area contributed by atoms with Crippen LogP contribution >= 0.6 is 38.5 Å². The molecule has 0 aliphatic carbocycles. The summed E-state index contributed by atoms with van der Waals surface area (Å²) in [7, 11) is 0. The minimum atomic E-state index is 0.0474. The lowest BCUT2D eigenvalue weighted by atomic mass is 9.93. The minimum absolute atomic E-state index is 0.0474. The Bertz CT molecular complexity index is 264. The molecule has 11 heavy (non-hydrogen) atoms. The Morgan fingerprint density at radius 3 is 2.18 bits per heavy atom. The molecule has 0 N–H and O–H groups in total. The number of nitrogens with zero attached hydrogens (tertiary/aromatic N) is 1. The van der Waals surface area contributed by atoms with Gasteiger partial charge < -0.3 is 4.52 Å². The minimum Gasteiger partial charge on any atom is -0.349 e. The van der Waals surface area contributed by atoms with Gasteiger partial charge in [0.15, 0.2) is 0 Å². The van der Waals surface area contributed by atoms with E-state index in [1.54, 1.807) is 0 Å². The van der Waals surface area contributed by atoms with E-state index in [2.05, 4.69) is 64.4 Å². The van der Waals surface area contributed by atoms with Crippen molar-refractivity contribution in [1.29, 1.82) is 0 Å². The van der Waals surface area contributed by atoms with Crippen molar-refractivity contribution in [1.82, 2.24) is 5.16 Å². The molecule has 1 aromatic rings. The predicted molar refractivity (Wildman–Crippen MR) is 55.6 cm³/mol. The number of rotatable bonds is 0. The molecule has 0 atom stereocenters. The highest BCUT2D eigenvalue weighted by Crippen LogP contribution is 2.31. The first kappa shape index (κ1) is 9.51. The summed E-state index contributed by atoms with van der Waals surface area (Å²) in [6.45, 7) is 6.31. The Kier molecular flexibility index (Phi) is 2.63. The Balaban J connectivity index is 3.15. The molecule has 0 saturated carbocycles. The SMILES string of the molecule is CC(C)(C)c1noc(I)c1Br. The van der Waals surface area contributed by atoms with Crippen molar-refractivity contribution in [2.24, 2.45) is 0 Å². The van der Waals surface area contributed by atoms with E-state index < -0.39 is 0 Å². The molecule has 0 aliphatic heterocycles. The first-order chi connectivity index (χ1) is 4.93. The van der Waals surface area contributed by atoms with Crippen molar-refractivity contribution >= 4 is 38.5 Å². The van der Waals surface area contributed by atoms with Crippen LogP contribution in [0.2, 0.25) is 0 Å². The standard InChI is InChI=1S/C7H9BrINO/c1-7(2,3)5-4(8)6(9)11-10-5/h1-3H3. The monoisotopic (exact) mass is 329 g/mol. The van der Waals surface area contributed by atoms with E-state index >= 15 is 0 Å². The lowest BCUT2D eigenvalue weighted by Crippen LogP contribution is -2.12. The van der Waals surface area contributed by atoms with Gasteiger partial charge in [-0.2, -0.15) is 0 Å². The van der Waals surface area contributed by atoms with Crippen LogP contribution in [0.15, 0.2) is 9.00 Å². The maximum absolute atomic E-state index is 5.01. The van der Waals surface area contributed by atoms with Crippen LogP contribution in [0.1, 0.15) is 26.5 Å². The molecule has 2 nitrogen and oxygen atoms in total. The lowest BCUT2D eigenvalue weighted by molar-refractivity contribution is 0.375. The Morgan fingerprint density at radius 2 is 2.00 bits per heavy atom. The van der Waals surface area contributed by atoms with Crippen LogP contribution < -0.4 is 0 Å². The van der Waals surface area contributed by atoms with Crippen LogP contribution in [0, 0.1) is 3.77 Å². The van der Waals surface area contributed by atoms with Gasteiger partial charge in [0.1, 0.15) is 5.69 Å². The summed E-state index contributed by atoms with van der Waals surface area (Å²) >= 11 is 5.53. The van der Waals surface area contributed by atoms with Crippen LogP contribution in [0.5, 0.6) is 0 Å². The third kappa shape index (κ3) is 1.96. The molecule has 0 aromatic carbocycles. The van der Waals surface area contributed by atoms with Crippen molar-refractivity contribution in [3.8, 4) is 0 Å². The molecular formula is C7H9BrINO. The molecule has 62 valence electrons. The average Bonchev–Trinajstić information content (AvgIpc) is 2.11. The zero-order valence-corrected chi connectivity index (χ0v) is 10.4. The summed E-state index contributed by atoms with van der Waals surface area (Å²) in [6, 6.07) is 0.